The van der Waals surface area contributed by atoms with Gasteiger partial charge in [0.1, 0.15) is 0 Å². The van der Waals surface area contributed by atoms with Crippen molar-refractivity contribution in [3.8, 4) is 0 Å². The largest absolute Gasteiger partial charge is 0.311 e. The minimum Gasteiger partial charge on any atom is -0.311 e. The van der Waals surface area contributed by atoms with Gasteiger partial charge in [-0.2, -0.15) is 0 Å². The Balaban J connectivity index is 1.86. The van der Waals surface area contributed by atoms with Gasteiger partial charge in [0.25, 0.3) is 0 Å². The van der Waals surface area contributed by atoms with Gasteiger partial charge in [0, 0.05) is 11.0 Å². The minimum atomic E-state index is -2.11. The highest BCUT2D eigenvalue weighted by Gasteiger charge is 2.52. The molecule has 3 aliphatic rings. The van der Waals surface area contributed by atoms with Crippen LogP contribution in [0.1, 0.15) is 58.8 Å². The highest BCUT2D eigenvalue weighted by Crippen LogP contribution is 2.55. The van der Waals surface area contributed by atoms with Crippen LogP contribution < -0.4 is 5.32 Å². The lowest BCUT2D eigenvalue weighted by Gasteiger charge is -2.53. The van der Waals surface area contributed by atoms with Gasteiger partial charge < -0.3 is 5.32 Å². The van der Waals surface area contributed by atoms with Gasteiger partial charge in [0.15, 0.2) is 0 Å². The summed E-state index contributed by atoms with van der Waals surface area (Å²) in [7, 11) is 0. The molecule has 3 rings (SSSR count). The summed E-state index contributed by atoms with van der Waals surface area (Å²) >= 11 is 0. The average Bonchev–Trinajstić information content (AvgIpc) is 2.30. The summed E-state index contributed by atoms with van der Waals surface area (Å²) in [5, 5.41) is 3.67. The second kappa shape index (κ2) is 4.83. The van der Waals surface area contributed by atoms with Crippen LogP contribution in [0.2, 0.25) is 0 Å². The number of nitrogens with one attached hydrogen (secondary N) is 1. The molecule has 0 unspecified atom stereocenters. The van der Waals surface area contributed by atoms with E-state index in [4.69, 9.17) is 0 Å². The maximum atomic E-state index is 13.1. The van der Waals surface area contributed by atoms with Crippen molar-refractivity contribution in [1.82, 2.24) is 5.32 Å². The fourth-order valence-electron chi connectivity index (χ4n) is 3.43. The molecule has 0 saturated heterocycles. The molecule has 0 radical (unpaired) electrons. The molecule has 0 heterocycles. The van der Waals surface area contributed by atoms with E-state index in [2.05, 4.69) is 19.2 Å². The van der Waals surface area contributed by atoms with Crippen LogP contribution in [0.5, 0.6) is 0 Å². The molecule has 0 amide bonds. The molecule has 1 nitrogen and oxygen atoms in total. The van der Waals surface area contributed by atoms with E-state index in [1.54, 1.807) is 0 Å². The molecule has 3 heteroatoms. The van der Waals surface area contributed by atoms with Gasteiger partial charge in [-0.25, -0.2) is 8.78 Å². The Morgan fingerprint density at radius 3 is 1.94 bits per heavy atom. The van der Waals surface area contributed by atoms with Crippen LogP contribution in [0.25, 0.3) is 0 Å². The van der Waals surface area contributed by atoms with Crippen LogP contribution in [-0.2, 0) is 0 Å². The van der Waals surface area contributed by atoms with Crippen LogP contribution in [0.15, 0.2) is 0 Å². The molecule has 0 spiro atoms. The van der Waals surface area contributed by atoms with Gasteiger partial charge in [-0.1, -0.05) is 13.8 Å². The molecule has 3 fully saturated rings. The number of fused-ring (bicyclic) bond motifs is 3. The Labute approximate surface area is 103 Å². The van der Waals surface area contributed by atoms with Crippen molar-refractivity contribution in [2.24, 2.45) is 11.3 Å². The van der Waals surface area contributed by atoms with Crippen molar-refractivity contribution >= 4 is 0 Å². The Morgan fingerprint density at radius 1 is 1.00 bits per heavy atom. The summed E-state index contributed by atoms with van der Waals surface area (Å²) in [6.45, 7) is 5.49. The van der Waals surface area contributed by atoms with E-state index in [1.807, 2.05) is 0 Å². The van der Waals surface area contributed by atoms with Gasteiger partial charge in [-0.3, -0.25) is 0 Å². The van der Waals surface area contributed by atoms with Crippen LogP contribution in [0, 0.1) is 11.3 Å². The summed E-state index contributed by atoms with van der Waals surface area (Å²) in [6.07, 6.45) is 4.09. The zero-order valence-corrected chi connectivity index (χ0v) is 11.1. The first-order valence-electron chi connectivity index (χ1n) is 7.01. The molecule has 2 bridgehead atoms. The van der Waals surface area contributed by atoms with Crippen molar-refractivity contribution in [2.75, 3.05) is 6.54 Å². The van der Waals surface area contributed by atoms with Crippen molar-refractivity contribution in [3.63, 3.8) is 0 Å². The lowest BCUT2D eigenvalue weighted by molar-refractivity contribution is -0.0893. The first kappa shape index (κ1) is 13.3. The highest BCUT2D eigenvalue weighted by molar-refractivity contribution is 5.05. The summed E-state index contributed by atoms with van der Waals surface area (Å²) < 4.78 is 26.1. The van der Waals surface area contributed by atoms with Crippen molar-refractivity contribution in [1.29, 1.82) is 0 Å². The van der Waals surface area contributed by atoms with E-state index in [9.17, 15) is 8.78 Å². The first-order valence-corrected chi connectivity index (χ1v) is 7.01. The second-order valence-corrected chi connectivity index (χ2v) is 6.55. The molecular formula is C14H25F2N. The number of rotatable bonds is 5. The molecule has 17 heavy (non-hydrogen) atoms. The smallest absolute Gasteiger partial charge is 0.244 e. The van der Waals surface area contributed by atoms with E-state index in [0.29, 0.717) is 5.92 Å². The van der Waals surface area contributed by atoms with Crippen molar-refractivity contribution in [3.05, 3.63) is 0 Å². The second-order valence-electron chi connectivity index (χ2n) is 6.55. The third-order valence-electron chi connectivity index (χ3n) is 4.99. The van der Waals surface area contributed by atoms with E-state index in [1.165, 1.54) is 6.42 Å². The Hall–Kier alpha value is -0.180. The minimum absolute atomic E-state index is 0.200. The zero-order valence-electron chi connectivity index (χ0n) is 11.1. The molecule has 0 atom stereocenters. The van der Waals surface area contributed by atoms with Crippen LogP contribution >= 0.6 is 0 Å². The standard InChI is InChI=1S/C14H25F2N/c1-11(2)3-10-17-14-7-4-13(5-8-14,6-9-14)12(15)16/h11-12,17H,3-10H2,1-2H3. The molecule has 0 aromatic carbocycles. The predicted molar refractivity (Wildman–Crippen MR) is 66.3 cm³/mol. The fraction of sp³-hybridized carbons (Fsp3) is 1.00. The molecule has 3 aliphatic carbocycles. The molecule has 1 N–H and O–H groups in total. The highest BCUT2D eigenvalue weighted by atomic mass is 19.3. The zero-order chi connectivity index (χ0) is 12.5. The fourth-order valence-corrected chi connectivity index (χ4v) is 3.43. The van der Waals surface area contributed by atoms with E-state index >= 15 is 0 Å². The summed E-state index contributed by atoms with van der Waals surface area (Å²) in [5.74, 6) is 0.714. The molecular weight excluding hydrogens is 220 g/mol. The lowest BCUT2D eigenvalue weighted by Crippen LogP contribution is -2.56. The van der Waals surface area contributed by atoms with Gasteiger partial charge >= 0.3 is 0 Å². The van der Waals surface area contributed by atoms with Crippen molar-refractivity contribution < 1.29 is 8.78 Å². The van der Waals surface area contributed by atoms with Gasteiger partial charge in [-0.15, -0.1) is 0 Å². The number of halogens is 2. The normalized spacial score (nSPS) is 37.1. The molecule has 0 aromatic rings. The van der Waals surface area contributed by atoms with Crippen LogP contribution in [-0.4, -0.2) is 18.5 Å². The summed E-state index contributed by atoms with van der Waals surface area (Å²) in [4.78, 5) is 0. The van der Waals surface area contributed by atoms with Gasteiger partial charge in [-0.05, 0) is 57.4 Å². The maximum Gasteiger partial charge on any atom is 0.244 e. The van der Waals surface area contributed by atoms with E-state index < -0.39 is 11.8 Å². The SMILES string of the molecule is CC(C)CCNC12CCC(C(F)F)(CC1)CC2. The molecule has 0 aliphatic heterocycles. The Kier molecular flexibility index (Phi) is 3.77. The molecule has 0 aromatic heterocycles. The quantitative estimate of drug-likeness (QED) is 0.772. The Morgan fingerprint density at radius 2 is 1.53 bits per heavy atom. The first-order chi connectivity index (χ1) is 7.98. The summed E-state index contributed by atoms with van der Waals surface area (Å²) in [5.41, 5.74) is -0.424. The number of alkyl halides is 2. The Bertz CT molecular complexity index is 232. The van der Waals surface area contributed by atoms with Crippen LogP contribution in [0.3, 0.4) is 0 Å². The van der Waals surface area contributed by atoms with Gasteiger partial charge in [0.05, 0.1) is 0 Å². The molecule has 100 valence electrons. The monoisotopic (exact) mass is 245 g/mol. The van der Waals surface area contributed by atoms with Crippen molar-refractivity contribution in [2.45, 2.75) is 70.8 Å². The number of hydrogen-bond donors (Lipinski definition) is 1. The maximum absolute atomic E-state index is 13.1. The van der Waals surface area contributed by atoms with Gasteiger partial charge in [0.2, 0.25) is 6.43 Å². The van der Waals surface area contributed by atoms with E-state index in [-0.39, 0.29) is 5.54 Å². The third kappa shape index (κ3) is 2.64. The lowest BCUT2D eigenvalue weighted by atomic mass is 9.57. The molecule has 3 saturated carbocycles. The topological polar surface area (TPSA) is 12.0 Å². The number of hydrogen-bond acceptors (Lipinski definition) is 1. The average molecular weight is 245 g/mol. The summed E-state index contributed by atoms with van der Waals surface area (Å²) in [6, 6.07) is 0. The predicted octanol–water partition coefficient (Wildman–Crippen LogP) is 3.98. The third-order valence-corrected chi connectivity index (χ3v) is 4.99. The van der Waals surface area contributed by atoms with E-state index in [0.717, 1.165) is 45.1 Å². The van der Waals surface area contributed by atoms with Crippen LogP contribution in [0.4, 0.5) is 8.78 Å².